The number of hydrogen-bond donors (Lipinski definition) is 0. The summed E-state index contributed by atoms with van der Waals surface area (Å²) in [5.41, 5.74) is 11.8. The van der Waals surface area contributed by atoms with Gasteiger partial charge in [-0.2, -0.15) is 0 Å². The van der Waals surface area contributed by atoms with Crippen molar-refractivity contribution in [3.8, 4) is 44.5 Å². The Balaban J connectivity index is 1.10. The average Bonchev–Trinajstić information content (AvgIpc) is 3.68. The Bertz CT molecular complexity index is 2890. The standard InChI is InChI=1S/C46H26O/c1-2-11-33-31(9-1)32-10-3-6-14-36(32)43-25-27(19-21-37(33)43)30-15-7-18-42-38-22-20-28(26-44(38)47-46(30)42)29-23-24-41-35-13-5-4-12-34(35)40-17-8-16-39(29)45(40)41/h1-26H. The zero-order valence-corrected chi connectivity index (χ0v) is 25.4. The molecule has 1 nitrogen and oxygen atoms in total. The van der Waals surface area contributed by atoms with E-state index < -0.39 is 0 Å². The van der Waals surface area contributed by atoms with Crippen LogP contribution in [0, 0.1) is 0 Å². The Morgan fingerprint density at radius 3 is 1.49 bits per heavy atom. The molecule has 0 fully saturated rings. The third-order valence-electron chi connectivity index (χ3n) is 10.4. The van der Waals surface area contributed by atoms with Crippen molar-refractivity contribution in [2.45, 2.75) is 0 Å². The number of rotatable bonds is 2. The van der Waals surface area contributed by atoms with Crippen LogP contribution in [0.4, 0.5) is 0 Å². The second-order valence-corrected chi connectivity index (χ2v) is 12.8. The van der Waals surface area contributed by atoms with Crippen LogP contribution >= 0.6 is 0 Å². The molecule has 0 spiro atoms. The maximum absolute atomic E-state index is 6.79. The third-order valence-corrected chi connectivity index (χ3v) is 10.4. The highest BCUT2D eigenvalue weighted by Crippen LogP contribution is 2.49. The van der Waals surface area contributed by atoms with E-state index in [2.05, 4.69) is 158 Å². The molecule has 47 heavy (non-hydrogen) atoms. The molecule has 1 aliphatic rings. The summed E-state index contributed by atoms with van der Waals surface area (Å²) in [6.07, 6.45) is 0. The SMILES string of the molecule is c1ccc2c(c1)-c1cccc3c(-c4ccc5c(c4)oc4c(-c6ccc7c8ccccc8c8ccccc8c7c6)cccc45)ccc-2c13. The second kappa shape index (κ2) is 9.19. The molecule has 10 aromatic rings. The summed E-state index contributed by atoms with van der Waals surface area (Å²) in [5.74, 6) is 0. The van der Waals surface area contributed by atoms with Gasteiger partial charge in [0, 0.05) is 16.3 Å². The van der Waals surface area contributed by atoms with Crippen LogP contribution in [-0.4, -0.2) is 0 Å². The van der Waals surface area contributed by atoms with E-state index in [9.17, 15) is 0 Å². The van der Waals surface area contributed by atoms with Gasteiger partial charge < -0.3 is 4.42 Å². The van der Waals surface area contributed by atoms with Crippen molar-refractivity contribution in [3.63, 3.8) is 0 Å². The molecule has 0 saturated carbocycles. The maximum Gasteiger partial charge on any atom is 0.143 e. The summed E-state index contributed by atoms with van der Waals surface area (Å²) in [6, 6.07) is 57.7. The molecule has 0 aliphatic heterocycles. The van der Waals surface area contributed by atoms with Crippen molar-refractivity contribution in [1.82, 2.24) is 0 Å². The normalized spacial score (nSPS) is 12.3. The van der Waals surface area contributed by atoms with Crippen molar-refractivity contribution in [2.75, 3.05) is 0 Å². The largest absolute Gasteiger partial charge is 0.455 e. The van der Waals surface area contributed by atoms with Gasteiger partial charge in [-0.25, -0.2) is 0 Å². The highest BCUT2D eigenvalue weighted by atomic mass is 16.3. The van der Waals surface area contributed by atoms with Gasteiger partial charge in [0.25, 0.3) is 0 Å². The first-order valence-electron chi connectivity index (χ1n) is 16.3. The van der Waals surface area contributed by atoms with Gasteiger partial charge in [-0.1, -0.05) is 140 Å². The predicted octanol–water partition coefficient (Wildman–Crippen LogP) is 13.2. The van der Waals surface area contributed by atoms with Crippen LogP contribution in [-0.2, 0) is 0 Å². The van der Waals surface area contributed by atoms with Crippen LogP contribution < -0.4 is 0 Å². The molecule has 0 unspecified atom stereocenters. The van der Waals surface area contributed by atoms with Gasteiger partial charge in [-0.15, -0.1) is 0 Å². The first-order valence-corrected chi connectivity index (χ1v) is 16.3. The van der Waals surface area contributed by atoms with Crippen molar-refractivity contribution in [2.24, 2.45) is 0 Å². The Kier molecular flexibility index (Phi) is 4.90. The number of benzene rings is 9. The molecule has 0 saturated heterocycles. The summed E-state index contributed by atoms with van der Waals surface area (Å²) >= 11 is 0. The molecular weight excluding hydrogens is 569 g/mol. The van der Waals surface area contributed by atoms with Crippen molar-refractivity contribution < 1.29 is 4.42 Å². The number of fused-ring (bicyclic) bond motifs is 12. The van der Waals surface area contributed by atoms with Crippen LogP contribution in [0.5, 0.6) is 0 Å². The van der Waals surface area contributed by atoms with E-state index >= 15 is 0 Å². The van der Waals surface area contributed by atoms with Gasteiger partial charge in [-0.3, -0.25) is 0 Å². The van der Waals surface area contributed by atoms with E-state index in [1.54, 1.807) is 0 Å². The zero-order chi connectivity index (χ0) is 30.6. The smallest absolute Gasteiger partial charge is 0.143 e. The number of hydrogen-bond acceptors (Lipinski definition) is 1. The Hall–Kier alpha value is -6.18. The van der Waals surface area contributed by atoms with E-state index in [0.717, 1.165) is 33.1 Å². The highest BCUT2D eigenvalue weighted by molar-refractivity contribution is 6.26. The summed E-state index contributed by atoms with van der Waals surface area (Å²) in [5, 5.41) is 12.6. The molecule has 0 amide bonds. The Morgan fingerprint density at radius 1 is 0.277 bits per heavy atom. The van der Waals surface area contributed by atoms with Crippen LogP contribution in [0.2, 0.25) is 0 Å². The Labute approximate surface area is 270 Å². The van der Waals surface area contributed by atoms with Crippen LogP contribution in [0.25, 0.3) is 110 Å². The molecular formula is C46H26O. The molecule has 9 aromatic carbocycles. The second-order valence-electron chi connectivity index (χ2n) is 12.8. The first-order chi connectivity index (χ1) is 23.3. The average molecular weight is 595 g/mol. The van der Waals surface area contributed by atoms with Gasteiger partial charge in [0.05, 0.1) is 0 Å². The number of para-hydroxylation sites is 1. The summed E-state index contributed by atoms with van der Waals surface area (Å²) in [6.45, 7) is 0. The molecule has 0 bridgehead atoms. The molecule has 1 heteroatoms. The topological polar surface area (TPSA) is 13.1 Å². The quantitative estimate of drug-likeness (QED) is 0.182. The molecule has 0 N–H and O–H groups in total. The minimum Gasteiger partial charge on any atom is -0.455 e. The molecule has 0 atom stereocenters. The molecule has 216 valence electrons. The lowest BCUT2D eigenvalue weighted by Crippen LogP contribution is -1.85. The maximum atomic E-state index is 6.79. The summed E-state index contributed by atoms with van der Waals surface area (Å²) in [4.78, 5) is 0. The lowest BCUT2D eigenvalue weighted by atomic mass is 9.91. The van der Waals surface area contributed by atoms with Gasteiger partial charge in [0.1, 0.15) is 11.2 Å². The minimum absolute atomic E-state index is 0.911. The molecule has 11 rings (SSSR count). The third kappa shape index (κ3) is 3.38. The fourth-order valence-electron chi connectivity index (χ4n) is 8.33. The van der Waals surface area contributed by atoms with Gasteiger partial charge >= 0.3 is 0 Å². The zero-order valence-electron chi connectivity index (χ0n) is 25.4. The lowest BCUT2D eigenvalue weighted by Gasteiger charge is -2.12. The van der Waals surface area contributed by atoms with E-state index in [1.165, 1.54) is 76.5 Å². The highest BCUT2D eigenvalue weighted by Gasteiger charge is 2.22. The fraction of sp³-hybridized carbons (Fsp3) is 0. The molecule has 1 heterocycles. The van der Waals surface area contributed by atoms with Crippen LogP contribution in [0.3, 0.4) is 0 Å². The Morgan fingerprint density at radius 2 is 0.766 bits per heavy atom. The number of furan rings is 1. The monoisotopic (exact) mass is 594 g/mol. The van der Waals surface area contributed by atoms with Crippen molar-refractivity contribution in [3.05, 3.63) is 158 Å². The summed E-state index contributed by atoms with van der Waals surface area (Å²) in [7, 11) is 0. The molecule has 1 aromatic heterocycles. The van der Waals surface area contributed by atoms with Crippen LogP contribution in [0.15, 0.2) is 162 Å². The van der Waals surface area contributed by atoms with Crippen molar-refractivity contribution >= 4 is 65.0 Å². The first kappa shape index (κ1) is 25.1. The van der Waals surface area contributed by atoms with E-state index in [0.29, 0.717) is 0 Å². The van der Waals surface area contributed by atoms with Crippen molar-refractivity contribution in [1.29, 1.82) is 0 Å². The fourth-order valence-corrected chi connectivity index (χ4v) is 8.33. The minimum atomic E-state index is 0.911. The van der Waals surface area contributed by atoms with Gasteiger partial charge in [0.15, 0.2) is 0 Å². The van der Waals surface area contributed by atoms with E-state index in [1.807, 2.05) is 0 Å². The van der Waals surface area contributed by atoms with Crippen LogP contribution in [0.1, 0.15) is 0 Å². The predicted molar refractivity (Wildman–Crippen MR) is 199 cm³/mol. The molecule has 1 aliphatic carbocycles. The molecule has 0 radical (unpaired) electrons. The summed E-state index contributed by atoms with van der Waals surface area (Å²) < 4.78 is 6.79. The van der Waals surface area contributed by atoms with E-state index in [4.69, 9.17) is 4.42 Å². The van der Waals surface area contributed by atoms with Gasteiger partial charge in [0.2, 0.25) is 0 Å². The van der Waals surface area contributed by atoms with Gasteiger partial charge in [-0.05, 0) is 100 Å². The van der Waals surface area contributed by atoms with E-state index in [-0.39, 0.29) is 0 Å². The lowest BCUT2D eigenvalue weighted by molar-refractivity contribution is 0.670.